The van der Waals surface area contributed by atoms with Crippen LogP contribution in [-0.4, -0.2) is 19.4 Å². The predicted molar refractivity (Wildman–Crippen MR) is 86.3 cm³/mol. The van der Waals surface area contributed by atoms with Crippen LogP contribution in [0.2, 0.25) is 0 Å². The quantitative estimate of drug-likeness (QED) is 0.611. The fourth-order valence-corrected chi connectivity index (χ4v) is 2.64. The molecule has 2 nitrogen and oxygen atoms in total. The Bertz CT molecular complexity index is 499. The molecule has 1 N–H and O–H groups in total. The van der Waals surface area contributed by atoms with E-state index in [0.29, 0.717) is 0 Å². The number of benzene rings is 2. The first-order chi connectivity index (χ1) is 9.28. The second-order valence-electron chi connectivity index (χ2n) is 3.96. The fraction of sp³-hybridized carbons (Fsp3) is 0.200. The summed E-state index contributed by atoms with van der Waals surface area (Å²) in [5.41, 5.74) is 1.15. The number of hydrogen-bond donors (Lipinski definition) is 1. The van der Waals surface area contributed by atoms with E-state index in [0.717, 1.165) is 28.2 Å². The minimum Gasteiger partial charge on any atom is -0.497 e. The molecular formula is C15H16BrNOS. The summed E-state index contributed by atoms with van der Waals surface area (Å²) in [6.07, 6.45) is 0. The van der Waals surface area contributed by atoms with Crippen molar-refractivity contribution >= 4 is 33.4 Å². The van der Waals surface area contributed by atoms with E-state index >= 15 is 0 Å². The van der Waals surface area contributed by atoms with Crippen molar-refractivity contribution < 1.29 is 4.74 Å². The van der Waals surface area contributed by atoms with Gasteiger partial charge in [0.05, 0.1) is 7.11 Å². The van der Waals surface area contributed by atoms with Gasteiger partial charge in [0.2, 0.25) is 0 Å². The first-order valence-corrected chi connectivity index (χ1v) is 7.82. The first-order valence-electron chi connectivity index (χ1n) is 6.04. The zero-order valence-corrected chi connectivity index (χ0v) is 13.1. The molecule has 0 bridgehead atoms. The van der Waals surface area contributed by atoms with Crippen LogP contribution in [0, 0.1) is 0 Å². The van der Waals surface area contributed by atoms with E-state index in [4.69, 9.17) is 4.74 Å². The Morgan fingerprint density at radius 3 is 2.37 bits per heavy atom. The zero-order valence-electron chi connectivity index (χ0n) is 10.7. The van der Waals surface area contributed by atoms with Crippen molar-refractivity contribution in [1.82, 2.24) is 0 Å². The third kappa shape index (κ3) is 4.80. The monoisotopic (exact) mass is 337 g/mol. The number of nitrogens with one attached hydrogen (secondary N) is 1. The molecule has 0 unspecified atom stereocenters. The summed E-state index contributed by atoms with van der Waals surface area (Å²) in [6, 6.07) is 16.4. The third-order valence-electron chi connectivity index (χ3n) is 2.60. The van der Waals surface area contributed by atoms with Gasteiger partial charge in [-0.25, -0.2) is 0 Å². The molecule has 19 heavy (non-hydrogen) atoms. The van der Waals surface area contributed by atoms with Gasteiger partial charge in [0, 0.05) is 27.4 Å². The lowest BCUT2D eigenvalue weighted by atomic mass is 10.3. The SMILES string of the molecule is COc1ccc(SCCNc2ccc(Br)cc2)cc1. The van der Waals surface area contributed by atoms with E-state index in [-0.39, 0.29) is 0 Å². The maximum atomic E-state index is 5.14. The lowest BCUT2D eigenvalue weighted by molar-refractivity contribution is 0.414. The highest BCUT2D eigenvalue weighted by Gasteiger charge is 1.96. The molecule has 2 aromatic rings. The Morgan fingerprint density at radius 2 is 1.74 bits per heavy atom. The number of rotatable bonds is 6. The molecule has 0 radical (unpaired) electrons. The van der Waals surface area contributed by atoms with Crippen molar-refractivity contribution in [2.24, 2.45) is 0 Å². The van der Waals surface area contributed by atoms with Crippen LogP contribution in [-0.2, 0) is 0 Å². The summed E-state index contributed by atoms with van der Waals surface area (Å²) >= 11 is 5.26. The standard InChI is InChI=1S/C15H16BrNOS/c1-18-14-6-8-15(9-7-14)19-11-10-17-13-4-2-12(16)3-5-13/h2-9,17H,10-11H2,1H3. The molecule has 0 amide bonds. The summed E-state index contributed by atoms with van der Waals surface area (Å²) in [5.74, 6) is 1.93. The highest BCUT2D eigenvalue weighted by Crippen LogP contribution is 2.21. The molecule has 0 aliphatic rings. The summed E-state index contributed by atoms with van der Waals surface area (Å²) < 4.78 is 6.24. The average molecular weight is 338 g/mol. The van der Waals surface area contributed by atoms with Gasteiger partial charge in [0.15, 0.2) is 0 Å². The summed E-state index contributed by atoms with van der Waals surface area (Å²) in [7, 11) is 1.68. The van der Waals surface area contributed by atoms with Crippen LogP contribution < -0.4 is 10.1 Å². The number of thioether (sulfide) groups is 1. The van der Waals surface area contributed by atoms with Crippen molar-refractivity contribution in [2.75, 3.05) is 24.7 Å². The van der Waals surface area contributed by atoms with Crippen molar-refractivity contribution in [3.05, 3.63) is 53.0 Å². The molecule has 4 heteroatoms. The van der Waals surface area contributed by atoms with Crippen LogP contribution in [0.15, 0.2) is 57.9 Å². The number of ether oxygens (including phenoxy) is 1. The van der Waals surface area contributed by atoms with E-state index < -0.39 is 0 Å². The molecule has 2 aromatic carbocycles. The topological polar surface area (TPSA) is 21.3 Å². The third-order valence-corrected chi connectivity index (χ3v) is 4.15. The van der Waals surface area contributed by atoms with Crippen LogP contribution in [0.5, 0.6) is 5.75 Å². The lowest BCUT2D eigenvalue weighted by Gasteiger charge is -2.07. The molecule has 0 heterocycles. The Balaban J connectivity index is 1.72. The minimum atomic E-state index is 0.900. The fourth-order valence-electron chi connectivity index (χ4n) is 1.60. The molecule has 0 fully saturated rings. The van der Waals surface area contributed by atoms with Crippen LogP contribution in [0.25, 0.3) is 0 Å². The maximum Gasteiger partial charge on any atom is 0.118 e. The van der Waals surface area contributed by atoms with Crippen molar-refractivity contribution in [2.45, 2.75) is 4.90 Å². The zero-order chi connectivity index (χ0) is 13.5. The van der Waals surface area contributed by atoms with E-state index in [2.05, 4.69) is 45.5 Å². The van der Waals surface area contributed by atoms with Crippen LogP contribution in [0.1, 0.15) is 0 Å². The van der Waals surface area contributed by atoms with Crippen LogP contribution >= 0.6 is 27.7 Å². The predicted octanol–water partition coefficient (Wildman–Crippen LogP) is 4.66. The Kier molecular flexibility index (Phi) is 5.61. The molecule has 0 aliphatic carbocycles. The summed E-state index contributed by atoms with van der Waals surface area (Å²) in [5, 5.41) is 3.40. The number of halogens is 1. The normalized spacial score (nSPS) is 10.2. The highest BCUT2D eigenvalue weighted by atomic mass is 79.9. The molecule has 0 saturated carbocycles. The smallest absolute Gasteiger partial charge is 0.118 e. The largest absolute Gasteiger partial charge is 0.497 e. The molecule has 0 spiro atoms. The number of hydrogen-bond acceptors (Lipinski definition) is 3. The van der Waals surface area contributed by atoms with Gasteiger partial charge >= 0.3 is 0 Å². The summed E-state index contributed by atoms with van der Waals surface area (Å²) in [4.78, 5) is 1.26. The molecule has 100 valence electrons. The Hall–Kier alpha value is -1.13. The summed E-state index contributed by atoms with van der Waals surface area (Å²) in [6.45, 7) is 0.943. The van der Waals surface area contributed by atoms with E-state index in [1.165, 1.54) is 4.90 Å². The van der Waals surface area contributed by atoms with Gasteiger partial charge in [0.25, 0.3) is 0 Å². The molecule has 2 rings (SSSR count). The van der Waals surface area contributed by atoms with Crippen molar-refractivity contribution in [1.29, 1.82) is 0 Å². The lowest BCUT2D eigenvalue weighted by Crippen LogP contribution is -2.03. The van der Waals surface area contributed by atoms with E-state index in [9.17, 15) is 0 Å². The Labute approximate surface area is 126 Å². The van der Waals surface area contributed by atoms with Gasteiger partial charge in [0.1, 0.15) is 5.75 Å². The van der Waals surface area contributed by atoms with Gasteiger partial charge in [-0.2, -0.15) is 0 Å². The molecule has 0 aromatic heterocycles. The second-order valence-corrected chi connectivity index (χ2v) is 6.04. The second kappa shape index (κ2) is 7.46. The molecular weight excluding hydrogens is 322 g/mol. The number of methoxy groups -OCH3 is 1. The van der Waals surface area contributed by atoms with Gasteiger partial charge in [-0.15, -0.1) is 11.8 Å². The minimum absolute atomic E-state index is 0.900. The molecule has 0 atom stereocenters. The molecule has 0 saturated heterocycles. The van der Waals surface area contributed by atoms with Crippen LogP contribution in [0.4, 0.5) is 5.69 Å². The van der Waals surface area contributed by atoms with Crippen molar-refractivity contribution in [3.63, 3.8) is 0 Å². The van der Waals surface area contributed by atoms with Gasteiger partial charge in [-0.1, -0.05) is 15.9 Å². The molecule has 0 aliphatic heterocycles. The van der Waals surface area contributed by atoms with Gasteiger partial charge in [-0.3, -0.25) is 0 Å². The van der Waals surface area contributed by atoms with Crippen LogP contribution in [0.3, 0.4) is 0 Å². The van der Waals surface area contributed by atoms with Crippen molar-refractivity contribution in [3.8, 4) is 5.75 Å². The van der Waals surface area contributed by atoms with E-state index in [1.807, 2.05) is 36.0 Å². The van der Waals surface area contributed by atoms with Gasteiger partial charge < -0.3 is 10.1 Å². The van der Waals surface area contributed by atoms with E-state index in [1.54, 1.807) is 7.11 Å². The maximum absolute atomic E-state index is 5.14. The number of anilines is 1. The highest BCUT2D eigenvalue weighted by molar-refractivity contribution is 9.10. The first kappa shape index (κ1) is 14.3. The average Bonchev–Trinajstić information content (AvgIpc) is 2.46. The van der Waals surface area contributed by atoms with Gasteiger partial charge in [-0.05, 0) is 48.5 Å². The Morgan fingerprint density at radius 1 is 1.05 bits per heavy atom.